The molecule has 0 spiro atoms. The summed E-state index contributed by atoms with van der Waals surface area (Å²) in [5.74, 6) is 0.632. The van der Waals surface area contributed by atoms with E-state index in [2.05, 4.69) is 12.2 Å². The lowest BCUT2D eigenvalue weighted by molar-refractivity contribution is -0.132. The predicted octanol–water partition coefficient (Wildman–Crippen LogP) is 1.78. The molecule has 1 aliphatic heterocycles. The Kier molecular flexibility index (Phi) is 6.74. The van der Waals surface area contributed by atoms with Gasteiger partial charge >= 0.3 is 0 Å². The zero-order valence-electron chi connectivity index (χ0n) is 12.8. The quantitative estimate of drug-likeness (QED) is 0.867. The second kappa shape index (κ2) is 8.80. The van der Waals surface area contributed by atoms with E-state index in [-0.39, 0.29) is 17.6 Å². The Labute approximate surface area is 135 Å². The molecule has 0 unspecified atom stereocenters. The van der Waals surface area contributed by atoms with E-state index in [1.807, 2.05) is 24.3 Å². The number of aryl methyl sites for hydroxylation is 1. The lowest BCUT2D eigenvalue weighted by Gasteiger charge is -2.26. The second-order valence-electron chi connectivity index (χ2n) is 5.04. The number of hydrogen-bond donors (Lipinski definition) is 1. The molecule has 5 nitrogen and oxygen atoms in total. The van der Waals surface area contributed by atoms with Crippen LogP contribution in [0.25, 0.3) is 0 Å². The molecule has 120 valence electrons. The monoisotopic (exact) mass is 322 g/mol. The van der Waals surface area contributed by atoms with Gasteiger partial charge in [0.1, 0.15) is 0 Å². The molecular weight excluding hydrogens is 300 g/mol. The first-order valence-electron chi connectivity index (χ1n) is 7.51. The summed E-state index contributed by atoms with van der Waals surface area (Å²) in [4.78, 5) is 25.7. The fourth-order valence-electron chi connectivity index (χ4n) is 2.27. The van der Waals surface area contributed by atoms with Gasteiger partial charge in [-0.2, -0.15) is 0 Å². The minimum absolute atomic E-state index is 0.0688. The maximum atomic E-state index is 12.0. The maximum Gasteiger partial charge on any atom is 0.234 e. The molecule has 1 saturated heterocycles. The van der Waals surface area contributed by atoms with Gasteiger partial charge in [0.25, 0.3) is 0 Å². The molecule has 0 aliphatic carbocycles. The molecule has 1 fully saturated rings. The van der Waals surface area contributed by atoms with Crippen LogP contribution < -0.4 is 5.32 Å². The number of nitrogens with zero attached hydrogens (tertiary/aromatic N) is 1. The van der Waals surface area contributed by atoms with Crippen molar-refractivity contribution in [2.75, 3.05) is 43.1 Å². The first-order valence-corrected chi connectivity index (χ1v) is 8.67. The third-order valence-electron chi connectivity index (χ3n) is 3.49. The normalized spacial score (nSPS) is 14.7. The van der Waals surface area contributed by atoms with Crippen molar-refractivity contribution in [3.63, 3.8) is 0 Å². The van der Waals surface area contributed by atoms with Crippen LogP contribution in [0.4, 0.5) is 5.69 Å². The summed E-state index contributed by atoms with van der Waals surface area (Å²) in [6, 6.07) is 7.78. The summed E-state index contributed by atoms with van der Waals surface area (Å²) in [5, 5.41) is 2.91. The van der Waals surface area contributed by atoms with Crippen LogP contribution in [0.5, 0.6) is 0 Å². The number of ether oxygens (including phenoxy) is 1. The van der Waals surface area contributed by atoms with Gasteiger partial charge < -0.3 is 15.0 Å². The van der Waals surface area contributed by atoms with E-state index in [0.717, 1.165) is 17.7 Å². The second-order valence-corrected chi connectivity index (χ2v) is 6.03. The van der Waals surface area contributed by atoms with E-state index >= 15 is 0 Å². The fraction of sp³-hybridized carbons (Fsp3) is 0.500. The van der Waals surface area contributed by atoms with E-state index in [9.17, 15) is 9.59 Å². The highest BCUT2D eigenvalue weighted by molar-refractivity contribution is 8.00. The molecule has 1 aromatic rings. The standard InChI is InChI=1S/C16H22N2O3S/c1-2-13-5-3-4-6-14(13)17-15(19)11-22-12-16(20)18-7-9-21-10-8-18/h3-6H,2,7-12H2,1H3,(H,17,19). The summed E-state index contributed by atoms with van der Waals surface area (Å²) in [6.45, 7) is 4.56. The van der Waals surface area contributed by atoms with Gasteiger partial charge in [0.2, 0.25) is 11.8 Å². The molecule has 6 heteroatoms. The van der Waals surface area contributed by atoms with Crippen molar-refractivity contribution in [2.24, 2.45) is 0 Å². The van der Waals surface area contributed by atoms with Crippen molar-refractivity contribution >= 4 is 29.3 Å². The van der Waals surface area contributed by atoms with Crippen molar-refractivity contribution in [1.82, 2.24) is 4.90 Å². The highest BCUT2D eigenvalue weighted by atomic mass is 32.2. The average Bonchev–Trinajstić information content (AvgIpc) is 2.56. The van der Waals surface area contributed by atoms with Gasteiger partial charge in [0, 0.05) is 18.8 Å². The van der Waals surface area contributed by atoms with Crippen molar-refractivity contribution in [2.45, 2.75) is 13.3 Å². The number of carbonyl (C=O) groups is 2. The van der Waals surface area contributed by atoms with E-state index < -0.39 is 0 Å². The summed E-state index contributed by atoms with van der Waals surface area (Å²) < 4.78 is 5.22. The number of anilines is 1. The van der Waals surface area contributed by atoms with Crippen LogP contribution in [0.2, 0.25) is 0 Å². The molecule has 2 rings (SSSR count). The van der Waals surface area contributed by atoms with Gasteiger partial charge in [-0.3, -0.25) is 9.59 Å². The van der Waals surface area contributed by atoms with Crippen LogP contribution >= 0.6 is 11.8 Å². The van der Waals surface area contributed by atoms with Gasteiger partial charge in [-0.25, -0.2) is 0 Å². The first kappa shape index (κ1) is 16.8. The number of thioether (sulfide) groups is 1. The molecule has 1 aliphatic rings. The van der Waals surface area contributed by atoms with Crippen LogP contribution in [0.15, 0.2) is 24.3 Å². The van der Waals surface area contributed by atoms with Crippen LogP contribution in [0, 0.1) is 0 Å². The summed E-state index contributed by atoms with van der Waals surface area (Å²) in [7, 11) is 0. The smallest absolute Gasteiger partial charge is 0.234 e. The number of para-hydroxylation sites is 1. The molecule has 1 N–H and O–H groups in total. The molecular formula is C16H22N2O3S. The maximum absolute atomic E-state index is 12.0. The van der Waals surface area contributed by atoms with E-state index in [0.29, 0.717) is 32.1 Å². The van der Waals surface area contributed by atoms with Crippen LogP contribution in [0.1, 0.15) is 12.5 Å². The molecule has 22 heavy (non-hydrogen) atoms. The lowest BCUT2D eigenvalue weighted by Crippen LogP contribution is -2.41. The minimum Gasteiger partial charge on any atom is -0.378 e. The Morgan fingerprint density at radius 2 is 1.95 bits per heavy atom. The zero-order valence-corrected chi connectivity index (χ0v) is 13.7. The fourth-order valence-corrected chi connectivity index (χ4v) is 2.99. The third-order valence-corrected chi connectivity index (χ3v) is 4.41. The predicted molar refractivity (Wildman–Crippen MR) is 89.2 cm³/mol. The molecule has 0 saturated carbocycles. The van der Waals surface area contributed by atoms with Crippen molar-refractivity contribution in [3.05, 3.63) is 29.8 Å². The summed E-state index contributed by atoms with van der Waals surface area (Å²) >= 11 is 1.35. The first-order chi connectivity index (χ1) is 10.7. The zero-order chi connectivity index (χ0) is 15.8. The Bertz CT molecular complexity index is 516. The average molecular weight is 322 g/mol. The summed E-state index contributed by atoms with van der Waals surface area (Å²) in [6.07, 6.45) is 0.874. The topological polar surface area (TPSA) is 58.6 Å². The van der Waals surface area contributed by atoms with Gasteiger partial charge in [-0.05, 0) is 18.1 Å². The SMILES string of the molecule is CCc1ccccc1NC(=O)CSCC(=O)N1CCOCC1. The van der Waals surface area contributed by atoms with Gasteiger partial charge in [-0.15, -0.1) is 11.8 Å². The molecule has 1 heterocycles. The number of amides is 2. The van der Waals surface area contributed by atoms with Crippen molar-refractivity contribution in [1.29, 1.82) is 0 Å². The molecule has 0 radical (unpaired) electrons. The highest BCUT2D eigenvalue weighted by Gasteiger charge is 2.17. The molecule has 2 amide bonds. The van der Waals surface area contributed by atoms with Gasteiger partial charge in [0.15, 0.2) is 0 Å². The van der Waals surface area contributed by atoms with Crippen molar-refractivity contribution in [3.8, 4) is 0 Å². The van der Waals surface area contributed by atoms with Crippen molar-refractivity contribution < 1.29 is 14.3 Å². The van der Waals surface area contributed by atoms with Gasteiger partial charge in [-0.1, -0.05) is 25.1 Å². The molecule has 1 aromatic carbocycles. The van der Waals surface area contributed by atoms with Gasteiger partial charge in [0.05, 0.1) is 24.7 Å². The molecule has 0 bridgehead atoms. The lowest BCUT2D eigenvalue weighted by atomic mass is 10.1. The van der Waals surface area contributed by atoms with E-state index in [4.69, 9.17) is 4.74 Å². The number of morpholine rings is 1. The number of rotatable bonds is 6. The van der Waals surface area contributed by atoms with Crippen LogP contribution in [-0.2, 0) is 20.7 Å². The Hall–Kier alpha value is -1.53. The van der Waals surface area contributed by atoms with Crippen LogP contribution in [-0.4, -0.2) is 54.5 Å². The highest BCUT2D eigenvalue weighted by Crippen LogP contribution is 2.16. The molecule has 0 atom stereocenters. The minimum atomic E-state index is -0.0688. The third kappa shape index (κ3) is 5.03. The number of carbonyl (C=O) groups excluding carboxylic acids is 2. The molecule has 0 aromatic heterocycles. The Balaban J connectivity index is 1.72. The number of hydrogen-bond acceptors (Lipinski definition) is 4. The van der Waals surface area contributed by atoms with Crippen LogP contribution in [0.3, 0.4) is 0 Å². The Morgan fingerprint density at radius 3 is 2.68 bits per heavy atom. The number of benzene rings is 1. The van der Waals surface area contributed by atoms with E-state index in [1.54, 1.807) is 4.90 Å². The number of nitrogens with one attached hydrogen (secondary N) is 1. The summed E-state index contributed by atoms with van der Waals surface area (Å²) in [5.41, 5.74) is 1.97. The van der Waals surface area contributed by atoms with E-state index in [1.165, 1.54) is 11.8 Å². The largest absolute Gasteiger partial charge is 0.378 e. The Morgan fingerprint density at radius 1 is 1.23 bits per heavy atom.